The Morgan fingerprint density at radius 1 is 1.41 bits per heavy atom. The third-order valence-corrected chi connectivity index (χ3v) is 3.18. The van der Waals surface area contributed by atoms with Crippen LogP contribution in [0.2, 0.25) is 0 Å². The maximum atomic E-state index is 5.69. The molecule has 3 nitrogen and oxygen atoms in total. The van der Waals surface area contributed by atoms with Gasteiger partial charge < -0.3 is 9.47 Å². The first kappa shape index (κ1) is 12.4. The molecule has 0 aliphatic carbocycles. The van der Waals surface area contributed by atoms with E-state index in [1.807, 2.05) is 17.9 Å². The monoisotopic (exact) mass is 251 g/mol. The van der Waals surface area contributed by atoms with E-state index >= 15 is 0 Å². The maximum Gasteiger partial charge on any atom is 0.0955 e. The summed E-state index contributed by atoms with van der Waals surface area (Å²) in [6, 6.07) is 6.46. The van der Waals surface area contributed by atoms with Gasteiger partial charge in [-0.1, -0.05) is 6.07 Å². The standard InChI is InChI=1S/C13H18ClN3/c1-16(7-3-6-14)9-11-4-5-13-12(8-11)15-10-17(13)2/h4-5,8,10H,3,6-7,9H2,1-2H3. The molecule has 0 saturated heterocycles. The molecule has 0 fully saturated rings. The van der Waals surface area contributed by atoms with Crippen molar-refractivity contribution in [2.75, 3.05) is 19.5 Å². The van der Waals surface area contributed by atoms with Crippen molar-refractivity contribution in [1.82, 2.24) is 14.5 Å². The number of rotatable bonds is 5. The summed E-state index contributed by atoms with van der Waals surface area (Å²) in [5.41, 5.74) is 3.54. The lowest BCUT2D eigenvalue weighted by molar-refractivity contribution is 0.328. The van der Waals surface area contributed by atoms with Crippen LogP contribution in [0.25, 0.3) is 11.0 Å². The minimum Gasteiger partial charge on any atom is -0.334 e. The fraction of sp³-hybridized carbons (Fsp3) is 0.462. The average molecular weight is 252 g/mol. The zero-order chi connectivity index (χ0) is 12.3. The van der Waals surface area contributed by atoms with Crippen molar-refractivity contribution in [3.8, 4) is 0 Å². The quantitative estimate of drug-likeness (QED) is 0.762. The molecule has 0 unspecified atom stereocenters. The smallest absolute Gasteiger partial charge is 0.0955 e. The van der Waals surface area contributed by atoms with Crippen LogP contribution in [0.4, 0.5) is 0 Å². The summed E-state index contributed by atoms with van der Waals surface area (Å²) in [6.07, 6.45) is 2.88. The number of imidazole rings is 1. The first-order chi connectivity index (χ1) is 8.20. The Labute approximate surface area is 107 Å². The van der Waals surface area contributed by atoms with E-state index in [1.165, 1.54) is 11.1 Å². The number of halogens is 1. The number of aromatic nitrogens is 2. The Kier molecular flexibility index (Phi) is 4.02. The second-order valence-corrected chi connectivity index (χ2v) is 4.84. The molecule has 1 aromatic heterocycles. The van der Waals surface area contributed by atoms with Gasteiger partial charge in [-0.25, -0.2) is 4.98 Å². The highest BCUT2D eigenvalue weighted by Gasteiger charge is 2.03. The number of aryl methyl sites for hydroxylation is 1. The fourth-order valence-corrected chi connectivity index (χ4v) is 2.12. The van der Waals surface area contributed by atoms with Gasteiger partial charge in [-0.15, -0.1) is 11.6 Å². The topological polar surface area (TPSA) is 21.1 Å². The lowest BCUT2D eigenvalue weighted by Crippen LogP contribution is -2.19. The molecule has 0 radical (unpaired) electrons. The summed E-state index contributed by atoms with van der Waals surface area (Å²) in [7, 11) is 4.14. The van der Waals surface area contributed by atoms with Crippen LogP contribution in [0.5, 0.6) is 0 Å². The van der Waals surface area contributed by atoms with Crippen LogP contribution in [0.3, 0.4) is 0 Å². The second-order valence-electron chi connectivity index (χ2n) is 4.46. The molecule has 1 aromatic carbocycles. The van der Waals surface area contributed by atoms with E-state index in [0.717, 1.165) is 30.9 Å². The fourth-order valence-electron chi connectivity index (χ4n) is 2.00. The molecule has 1 heterocycles. The van der Waals surface area contributed by atoms with Crippen molar-refractivity contribution < 1.29 is 0 Å². The van der Waals surface area contributed by atoms with E-state index in [0.29, 0.717) is 0 Å². The van der Waals surface area contributed by atoms with Gasteiger partial charge in [0, 0.05) is 19.5 Å². The van der Waals surface area contributed by atoms with Gasteiger partial charge in [0.1, 0.15) is 0 Å². The molecule has 4 heteroatoms. The summed E-state index contributed by atoms with van der Waals surface area (Å²) < 4.78 is 2.04. The highest BCUT2D eigenvalue weighted by molar-refractivity contribution is 6.17. The van der Waals surface area contributed by atoms with Crippen LogP contribution >= 0.6 is 11.6 Å². The van der Waals surface area contributed by atoms with E-state index in [2.05, 4.69) is 35.1 Å². The molecule has 92 valence electrons. The first-order valence-electron chi connectivity index (χ1n) is 5.85. The van der Waals surface area contributed by atoms with E-state index < -0.39 is 0 Å². The lowest BCUT2D eigenvalue weighted by atomic mass is 10.2. The van der Waals surface area contributed by atoms with Crippen molar-refractivity contribution >= 4 is 22.6 Å². The van der Waals surface area contributed by atoms with Crippen LogP contribution in [0, 0.1) is 0 Å². The number of benzene rings is 1. The van der Waals surface area contributed by atoms with Crippen molar-refractivity contribution in [2.24, 2.45) is 7.05 Å². The van der Waals surface area contributed by atoms with Crippen LogP contribution in [0.15, 0.2) is 24.5 Å². The molecule has 0 amide bonds. The molecule has 0 bridgehead atoms. The lowest BCUT2D eigenvalue weighted by Gasteiger charge is -2.15. The normalized spacial score (nSPS) is 11.5. The third-order valence-electron chi connectivity index (χ3n) is 2.92. The summed E-state index contributed by atoms with van der Waals surface area (Å²) in [4.78, 5) is 6.66. The number of alkyl halides is 1. The van der Waals surface area contributed by atoms with Gasteiger partial charge in [-0.3, -0.25) is 0 Å². The largest absolute Gasteiger partial charge is 0.334 e. The van der Waals surface area contributed by atoms with Gasteiger partial charge in [0.2, 0.25) is 0 Å². The zero-order valence-electron chi connectivity index (χ0n) is 10.4. The Hall–Kier alpha value is -1.06. The number of nitrogens with zero attached hydrogens (tertiary/aromatic N) is 3. The van der Waals surface area contributed by atoms with Crippen LogP contribution < -0.4 is 0 Å². The van der Waals surface area contributed by atoms with Gasteiger partial charge in [0.05, 0.1) is 17.4 Å². The van der Waals surface area contributed by atoms with Crippen LogP contribution in [0.1, 0.15) is 12.0 Å². The molecule has 0 aliphatic rings. The Balaban J connectivity index is 2.08. The molecular weight excluding hydrogens is 234 g/mol. The second kappa shape index (κ2) is 5.52. The van der Waals surface area contributed by atoms with E-state index in [1.54, 1.807) is 0 Å². The van der Waals surface area contributed by atoms with E-state index in [4.69, 9.17) is 11.6 Å². The Morgan fingerprint density at radius 3 is 3.00 bits per heavy atom. The number of hydrogen-bond acceptors (Lipinski definition) is 2. The van der Waals surface area contributed by atoms with Crippen molar-refractivity contribution in [1.29, 1.82) is 0 Å². The molecular formula is C13H18ClN3. The van der Waals surface area contributed by atoms with Crippen molar-refractivity contribution in [3.05, 3.63) is 30.1 Å². The van der Waals surface area contributed by atoms with Crippen molar-refractivity contribution in [2.45, 2.75) is 13.0 Å². The van der Waals surface area contributed by atoms with Gasteiger partial charge in [0.25, 0.3) is 0 Å². The highest BCUT2D eigenvalue weighted by Crippen LogP contribution is 2.15. The molecule has 0 N–H and O–H groups in total. The van der Waals surface area contributed by atoms with Crippen LogP contribution in [-0.4, -0.2) is 33.9 Å². The summed E-state index contributed by atoms with van der Waals surface area (Å²) in [6.45, 7) is 1.98. The minimum absolute atomic E-state index is 0.726. The molecule has 0 saturated carbocycles. The SMILES string of the molecule is CN(CCCCl)Cc1ccc2c(c1)ncn2C. The third kappa shape index (κ3) is 2.99. The van der Waals surface area contributed by atoms with Gasteiger partial charge in [-0.05, 0) is 37.7 Å². The molecule has 2 aromatic rings. The predicted octanol–water partition coefficient (Wildman–Crippen LogP) is 2.63. The predicted molar refractivity (Wildman–Crippen MR) is 72.4 cm³/mol. The van der Waals surface area contributed by atoms with Crippen molar-refractivity contribution in [3.63, 3.8) is 0 Å². The minimum atomic E-state index is 0.726. The Bertz CT molecular complexity index is 492. The van der Waals surface area contributed by atoms with Gasteiger partial charge in [0.15, 0.2) is 0 Å². The first-order valence-corrected chi connectivity index (χ1v) is 6.38. The molecule has 0 spiro atoms. The summed E-state index contributed by atoms with van der Waals surface area (Å²) in [5.74, 6) is 0.726. The molecule has 0 aliphatic heterocycles. The van der Waals surface area contributed by atoms with E-state index in [-0.39, 0.29) is 0 Å². The number of fused-ring (bicyclic) bond motifs is 1. The summed E-state index contributed by atoms with van der Waals surface area (Å²) >= 11 is 5.69. The average Bonchev–Trinajstić information content (AvgIpc) is 2.68. The Morgan fingerprint density at radius 2 is 2.24 bits per heavy atom. The zero-order valence-corrected chi connectivity index (χ0v) is 11.1. The molecule has 0 atom stereocenters. The number of hydrogen-bond donors (Lipinski definition) is 0. The summed E-state index contributed by atoms with van der Waals surface area (Å²) in [5, 5.41) is 0. The van der Waals surface area contributed by atoms with Crippen LogP contribution in [-0.2, 0) is 13.6 Å². The van der Waals surface area contributed by atoms with E-state index in [9.17, 15) is 0 Å². The molecule has 17 heavy (non-hydrogen) atoms. The maximum absolute atomic E-state index is 5.69. The highest BCUT2D eigenvalue weighted by atomic mass is 35.5. The van der Waals surface area contributed by atoms with Gasteiger partial charge >= 0.3 is 0 Å². The molecule has 2 rings (SSSR count). The van der Waals surface area contributed by atoms with Gasteiger partial charge in [-0.2, -0.15) is 0 Å².